The highest BCUT2D eigenvalue weighted by molar-refractivity contribution is 7.99. The second-order valence-electron chi connectivity index (χ2n) is 7.25. The lowest BCUT2D eigenvalue weighted by molar-refractivity contribution is -0.387. The van der Waals surface area contributed by atoms with E-state index in [1.165, 1.54) is 25.0 Å². The maximum atomic E-state index is 13.3. The smallest absolute Gasteiger partial charge is 0.348 e. The number of carbonyl (C=O) groups is 1. The minimum Gasteiger partial charge on any atom is -0.497 e. The molecule has 9 nitrogen and oxygen atoms in total. The molecule has 0 spiro atoms. The van der Waals surface area contributed by atoms with Crippen LogP contribution >= 0.6 is 11.8 Å². The minimum atomic E-state index is -0.675. The number of carbonyl (C=O) groups excluding carboxylic acids is 1. The van der Waals surface area contributed by atoms with E-state index in [1.54, 1.807) is 43.3 Å². The second-order valence-corrected chi connectivity index (χ2v) is 8.30. The zero-order valence-corrected chi connectivity index (χ0v) is 19.9. The lowest BCUT2D eigenvalue weighted by atomic mass is 10.2. The summed E-state index contributed by atoms with van der Waals surface area (Å²) in [5.74, 6) is 0.270. The van der Waals surface area contributed by atoms with E-state index in [0.29, 0.717) is 26.9 Å². The summed E-state index contributed by atoms with van der Waals surface area (Å²) in [7, 11) is 2.96. The maximum absolute atomic E-state index is 13.3. The molecule has 0 radical (unpaired) electrons. The number of aryl methyl sites for hydroxylation is 1. The first-order valence-corrected chi connectivity index (χ1v) is 11.2. The number of rotatable bonds is 8. The van der Waals surface area contributed by atoms with Gasteiger partial charge in [-0.3, -0.25) is 10.1 Å². The molecule has 0 aliphatic rings. The van der Waals surface area contributed by atoms with Crippen LogP contribution in [0, 0.1) is 17.0 Å². The fourth-order valence-corrected chi connectivity index (χ4v) is 4.37. The molecule has 0 aliphatic heterocycles. The lowest BCUT2D eigenvalue weighted by Gasteiger charge is -2.12. The number of benzene rings is 3. The van der Waals surface area contributed by atoms with Gasteiger partial charge in [0.2, 0.25) is 5.88 Å². The quantitative estimate of drug-likeness (QED) is 0.181. The van der Waals surface area contributed by atoms with Crippen molar-refractivity contribution in [3.8, 4) is 23.1 Å². The summed E-state index contributed by atoms with van der Waals surface area (Å²) in [6.07, 6.45) is 0. The zero-order valence-electron chi connectivity index (χ0n) is 19.1. The van der Waals surface area contributed by atoms with Crippen molar-refractivity contribution in [3.05, 3.63) is 94.2 Å². The molecule has 1 heterocycles. The molecule has 0 fully saturated rings. The minimum absolute atomic E-state index is 0.0570. The predicted octanol–water partition coefficient (Wildman–Crippen LogP) is 5.48. The van der Waals surface area contributed by atoms with Crippen molar-refractivity contribution in [1.29, 1.82) is 0 Å². The first-order valence-electron chi connectivity index (χ1n) is 10.4. The number of hydrogen-bond acceptors (Lipinski definition) is 8. The fraction of sp³-hybridized carbons (Fsp3) is 0.120. The highest BCUT2D eigenvalue weighted by Crippen LogP contribution is 2.42. The Kier molecular flexibility index (Phi) is 7.02. The van der Waals surface area contributed by atoms with E-state index < -0.39 is 10.9 Å². The van der Waals surface area contributed by atoms with Gasteiger partial charge in [-0.15, -0.1) is 0 Å². The summed E-state index contributed by atoms with van der Waals surface area (Å²) in [6, 6.07) is 20.3. The normalized spacial score (nSPS) is 10.6. The molecule has 0 atom stereocenters. The average Bonchev–Trinajstić information content (AvgIpc) is 3.18. The molecule has 35 heavy (non-hydrogen) atoms. The van der Waals surface area contributed by atoms with E-state index in [2.05, 4.69) is 5.10 Å². The Balaban J connectivity index is 1.81. The summed E-state index contributed by atoms with van der Waals surface area (Å²) >= 11 is 1.11. The Hall–Kier alpha value is -4.31. The van der Waals surface area contributed by atoms with Gasteiger partial charge < -0.3 is 14.2 Å². The molecule has 10 heteroatoms. The molecule has 0 aliphatic carbocycles. The number of nitro benzene ring substituents is 1. The molecule has 1 aromatic heterocycles. The van der Waals surface area contributed by atoms with Crippen molar-refractivity contribution in [1.82, 2.24) is 9.78 Å². The summed E-state index contributed by atoms with van der Waals surface area (Å²) in [5.41, 5.74) is 1.34. The van der Waals surface area contributed by atoms with Crippen molar-refractivity contribution in [2.24, 2.45) is 0 Å². The number of methoxy groups -OCH3 is 2. The summed E-state index contributed by atoms with van der Waals surface area (Å²) in [5, 5.41) is 16.1. The van der Waals surface area contributed by atoms with Crippen molar-refractivity contribution in [3.63, 3.8) is 0 Å². The second kappa shape index (κ2) is 10.3. The highest BCUT2D eigenvalue weighted by atomic mass is 32.2. The molecule has 4 aromatic rings. The van der Waals surface area contributed by atoms with Crippen LogP contribution < -0.4 is 14.2 Å². The number of aromatic nitrogens is 2. The summed E-state index contributed by atoms with van der Waals surface area (Å²) in [4.78, 5) is 25.2. The first-order chi connectivity index (χ1) is 16.9. The van der Waals surface area contributed by atoms with E-state index in [9.17, 15) is 14.9 Å². The topological polar surface area (TPSA) is 106 Å². The number of ether oxygens (including phenoxy) is 3. The molecular formula is C25H21N3O6S. The van der Waals surface area contributed by atoms with Crippen LogP contribution in [0.4, 0.5) is 5.69 Å². The lowest BCUT2D eigenvalue weighted by Crippen LogP contribution is -2.13. The van der Waals surface area contributed by atoms with Gasteiger partial charge in [0.15, 0.2) is 0 Å². The van der Waals surface area contributed by atoms with Crippen molar-refractivity contribution in [2.45, 2.75) is 16.7 Å². The zero-order chi connectivity index (χ0) is 24.9. The van der Waals surface area contributed by atoms with E-state index in [0.717, 1.165) is 11.8 Å². The van der Waals surface area contributed by atoms with Gasteiger partial charge in [-0.2, -0.15) is 9.78 Å². The molecule has 0 saturated heterocycles. The maximum Gasteiger partial charge on any atom is 0.348 e. The number of para-hydroxylation sites is 2. The number of hydrogen-bond donors (Lipinski definition) is 0. The van der Waals surface area contributed by atoms with Crippen molar-refractivity contribution < 1.29 is 23.9 Å². The Labute approximate surface area is 205 Å². The van der Waals surface area contributed by atoms with Crippen LogP contribution in [0.15, 0.2) is 82.6 Å². The van der Waals surface area contributed by atoms with Crippen LogP contribution in [0.2, 0.25) is 0 Å². The van der Waals surface area contributed by atoms with Crippen LogP contribution in [-0.2, 0) is 0 Å². The number of nitrogens with zero attached hydrogens (tertiary/aromatic N) is 3. The van der Waals surface area contributed by atoms with Crippen LogP contribution in [-0.4, -0.2) is 34.9 Å². The first kappa shape index (κ1) is 23.8. The molecule has 3 aromatic carbocycles. The van der Waals surface area contributed by atoms with Gasteiger partial charge >= 0.3 is 5.97 Å². The van der Waals surface area contributed by atoms with Crippen LogP contribution in [0.1, 0.15) is 16.1 Å². The largest absolute Gasteiger partial charge is 0.497 e. The molecule has 0 bridgehead atoms. The SMILES string of the molecule is COc1ccc(C(=O)Oc2c(Sc3ccccc3[N+](=O)[O-])c(C)nn2-c2ccccc2)c(OC)c1. The Bertz CT molecular complexity index is 1390. The molecule has 4 rings (SSSR count). The van der Waals surface area contributed by atoms with E-state index >= 15 is 0 Å². The van der Waals surface area contributed by atoms with Crippen LogP contribution in [0.25, 0.3) is 5.69 Å². The van der Waals surface area contributed by atoms with Crippen LogP contribution in [0.5, 0.6) is 17.4 Å². The van der Waals surface area contributed by atoms with Gasteiger partial charge in [-0.05, 0) is 37.3 Å². The molecule has 0 amide bonds. The van der Waals surface area contributed by atoms with Gasteiger partial charge in [0.1, 0.15) is 17.1 Å². The third-order valence-electron chi connectivity index (χ3n) is 5.06. The van der Waals surface area contributed by atoms with Gasteiger partial charge in [-0.1, -0.05) is 42.1 Å². The molecule has 0 saturated carbocycles. The predicted molar refractivity (Wildman–Crippen MR) is 130 cm³/mol. The standard InChI is InChI=1S/C25H21N3O6S/c1-16-23(35-22-12-8-7-11-20(22)28(30)31)24(27(26-16)17-9-5-4-6-10-17)34-25(29)19-14-13-18(32-2)15-21(19)33-3/h4-15H,1-3H3. The van der Waals surface area contributed by atoms with Gasteiger partial charge in [0.25, 0.3) is 5.69 Å². The molecule has 178 valence electrons. The average molecular weight is 492 g/mol. The molecular weight excluding hydrogens is 470 g/mol. The molecule has 0 unspecified atom stereocenters. The summed E-state index contributed by atoms with van der Waals surface area (Å²) < 4.78 is 17.9. The van der Waals surface area contributed by atoms with Gasteiger partial charge in [0, 0.05) is 12.1 Å². The van der Waals surface area contributed by atoms with Crippen molar-refractivity contribution in [2.75, 3.05) is 14.2 Å². The Morgan fingerprint density at radius 1 is 1.00 bits per heavy atom. The van der Waals surface area contributed by atoms with E-state index in [4.69, 9.17) is 14.2 Å². The van der Waals surface area contributed by atoms with Crippen molar-refractivity contribution >= 4 is 23.4 Å². The van der Waals surface area contributed by atoms with Gasteiger partial charge in [-0.25, -0.2) is 4.79 Å². The summed E-state index contributed by atoms with van der Waals surface area (Å²) in [6.45, 7) is 1.75. The third kappa shape index (κ3) is 4.97. The van der Waals surface area contributed by atoms with E-state index in [1.807, 2.05) is 30.3 Å². The van der Waals surface area contributed by atoms with Gasteiger partial charge in [0.05, 0.1) is 40.3 Å². The highest BCUT2D eigenvalue weighted by Gasteiger charge is 2.26. The molecule has 0 N–H and O–H groups in total. The fourth-order valence-electron chi connectivity index (χ4n) is 3.36. The Morgan fingerprint density at radius 3 is 2.40 bits per heavy atom. The third-order valence-corrected chi connectivity index (χ3v) is 6.30. The number of nitro groups is 1. The monoisotopic (exact) mass is 491 g/mol. The number of esters is 1. The van der Waals surface area contributed by atoms with E-state index in [-0.39, 0.29) is 22.9 Å². The van der Waals surface area contributed by atoms with Crippen LogP contribution in [0.3, 0.4) is 0 Å². The Morgan fingerprint density at radius 2 is 1.71 bits per heavy atom.